The number of hydrogen-bond acceptors (Lipinski definition) is 3. The molecule has 0 aliphatic heterocycles. The minimum atomic E-state index is -4.15. The first kappa shape index (κ1) is 18.0. The number of benzene rings is 1. The zero-order valence-corrected chi connectivity index (χ0v) is 13.4. The molecule has 0 saturated heterocycles. The summed E-state index contributed by atoms with van der Waals surface area (Å²) in [6.07, 6.45) is -0.210. The fourth-order valence-electron chi connectivity index (χ4n) is 2.07. The molecule has 0 saturated carbocycles. The Hall–Kier alpha value is -1.05. The number of sulfonamides is 1. The van der Waals surface area contributed by atoms with Crippen molar-refractivity contribution in [3.63, 3.8) is 0 Å². The minimum absolute atomic E-state index is 0.00910. The van der Waals surface area contributed by atoms with Gasteiger partial charge < -0.3 is 5.11 Å². The Morgan fingerprint density at radius 1 is 1.29 bits per heavy atom. The minimum Gasteiger partial charge on any atom is -0.393 e. The van der Waals surface area contributed by atoms with Crippen LogP contribution in [0.5, 0.6) is 0 Å². The Labute approximate surface area is 124 Å². The highest BCUT2D eigenvalue weighted by atomic mass is 32.2. The maximum absolute atomic E-state index is 13.7. The van der Waals surface area contributed by atoms with E-state index in [0.717, 1.165) is 6.07 Å². The molecular weight excluding hydrogens is 300 g/mol. The van der Waals surface area contributed by atoms with Crippen LogP contribution >= 0.6 is 0 Å². The largest absolute Gasteiger partial charge is 0.393 e. The average molecular weight is 321 g/mol. The van der Waals surface area contributed by atoms with E-state index < -0.39 is 38.1 Å². The monoisotopic (exact) mass is 321 g/mol. The fourth-order valence-corrected chi connectivity index (χ4v) is 3.38. The topological polar surface area (TPSA) is 66.4 Å². The summed E-state index contributed by atoms with van der Waals surface area (Å²) in [5.74, 6) is -1.77. The van der Waals surface area contributed by atoms with Crippen molar-refractivity contribution >= 4 is 10.0 Å². The van der Waals surface area contributed by atoms with E-state index in [9.17, 15) is 22.3 Å². The smallest absolute Gasteiger partial charge is 0.243 e. The molecule has 21 heavy (non-hydrogen) atoms. The molecule has 1 aromatic rings. The van der Waals surface area contributed by atoms with Crippen LogP contribution in [0.2, 0.25) is 0 Å². The molecule has 120 valence electrons. The van der Waals surface area contributed by atoms with Gasteiger partial charge in [-0.05, 0) is 43.4 Å². The van der Waals surface area contributed by atoms with Crippen molar-refractivity contribution in [3.05, 3.63) is 29.3 Å². The summed E-state index contributed by atoms with van der Waals surface area (Å²) in [7, 11) is -4.15. The molecular formula is C14H21F2NO3S. The van der Waals surface area contributed by atoms with Gasteiger partial charge in [-0.1, -0.05) is 13.8 Å². The van der Waals surface area contributed by atoms with Gasteiger partial charge in [0.05, 0.1) is 6.10 Å². The van der Waals surface area contributed by atoms with Gasteiger partial charge in [0, 0.05) is 6.54 Å². The molecule has 7 heteroatoms. The number of aliphatic hydroxyl groups is 1. The van der Waals surface area contributed by atoms with Crippen LogP contribution in [-0.4, -0.2) is 26.2 Å². The zero-order chi connectivity index (χ0) is 16.4. The second-order valence-electron chi connectivity index (χ2n) is 6.07. The van der Waals surface area contributed by atoms with Crippen molar-refractivity contribution in [2.75, 3.05) is 6.54 Å². The van der Waals surface area contributed by atoms with Gasteiger partial charge in [0.25, 0.3) is 0 Å². The number of halogens is 2. The number of aliphatic hydroxyl groups excluding tert-OH is 1. The van der Waals surface area contributed by atoms with E-state index in [1.807, 2.05) is 0 Å². The molecule has 0 unspecified atom stereocenters. The Bertz CT molecular complexity index is 613. The van der Waals surface area contributed by atoms with Gasteiger partial charge in [0.15, 0.2) is 0 Å². The maximum atomic E-state index is 13.7. The molecule has 1 atom stereocenters. The quantitative estimate of drug-likeness (QED) is 0.845. The molecule has 1 aromatic carbocycles. The lowest BCUT2D eigenvalue weighted by Crippen LogP contribution is -2.36. The Morgan fingerprint density at radius 3 is 2.38 bits per heavy atom. The molecule has 2 N–H and O–H groups in total. The van der Waals surface area contributed by atoms with E-state index in [2.05, 4.69) is 4.72 Å². The fraction of sp³-hybridized carbons (Fsp3) is 0.571. The third-order valence-electron chi connectivity index (χ3n) is 3.09. The molecule has 0 spiro atoms. The van der Waals surface area contributed by atoms with E-state index in [4.69, 9.17) is 0 Å². The van der Waals surface area contributed by atoms with Crippen molar-refractivity contribution < 1.29 is 22.3 Å². The van der Waals surface area contributed by atoms with Crippen LogP contribution in [-0.2, 0) is 10.0 Å². The van der Waals surface area contributed by atoms with Gasteiger partial charge >= 0.3 is 0 Å². The van der Waals surface area contributed by atoms with Crippen LogP contribution in [0.3, 0.4) is 0 Å². The van der Waals surface area contributed by atoms with E-state index in [-0.39, 0.29) is 12.1 Å². The van der Waals surface area contributed by atoms with Crippen molar-refractivity contribution in [2.24, 2.45) is 5.41 Å². The van der Waals surface area contributed by atoms with Gasteiger partial charge in [-0.3, -0.25) is 0 Å². The van der Waals surface area contributed by atoms with E-state index in [1.165, 1.54) is 6.92 Å². The Kier molecular flexibility index (Phi) is 5.46. The zero-order valence-electron chi connectivity index (χ0n) is 12.6. The van der Waals surface area contributed by atoms with Gasteiger partial charge in [-0.2, -0.15) is 0 Å². The van der Waals surface area contributed by atoms with Gasteiger partial charge in [0.2, 0.25) is 10.0 Å². The number of nitrogens with one attached hydrogen (secondary N) is 1. The number of rotatable bonds is 6. The third kappa shape index (κ3) is 5.01. The molecule has 0 aliphatic rings. The first-order valence-electron chi connectivity index (χ1n) is 6.58. The molecule has 0 aromatic heterocycles. The second kappa shape index (κ2) is 6.37. The highest BCUT2D eigenvalue weighted by Gasteiger charge is 2.26. The molecule has 0 radical (unpaired) electrons. The highest BCUT2D eigenvalue weighted by Crippen LogP contribution is 2.23. The van der Waals surface area contributed by atoms with E-state index in [0.29, 0.717) is 12.5 Å². The highest BCUT2D eigenvalue weighted by molar-refractivity contribution is 7.89. The van der Waals surface area contributed by atoms with Crippen molar-refractivity contribution in [3.8, 4) is 0 Å². The lowest BCUT2D eigenvalue weighted by Gasteiger charge is -2.26. The Balaban J connectivity index is 2.95. The van der Waals surface area contributed by atoms with Gasteiger partial charge in [-0.15, -0.1) is 0 Å². The summed E-state index contributed by atoms with van der Waals surface area (Å²) < 4.78 is 53.6. The molecule has 0 amide bonds. The van der Waals surface area contributed by atoms with Crippen molar-refractivity contribution in [1.82, 2.24) is 4.72 Å². The summed E-state index contributed by atoms with van der Waals surface area (Å²) in [5.41, 5.74) is -0.470. The molecule has 1 rings (SSSR count). The SMILES string of the molecule is Cc1cc(F)c(S(=O)(=O)NCC(C)(C)C[C@H](C)O)cc1F. The van der Waals surface area contributed by atoms with Crippen LogP contribution < -0.4 is 4.72 Å². The van der Waals surface area contributed by atoms with E-state index >= 15 is 0 Å². The van der Waals surface area contributed by atoms with Gasteiger partial charge in [0.1, 0.15) is 16.5 Å². The molecule has 4 nitrogen and oxygen atoms in total. The predicted molar refractivity (Wildman–Crippen MR) is 76.4 cm³/mol. The molecule has 0 heterocycles. The van der Waals surface area contributed by atoms with Gasteiger partial charge in [-0.25, -0.2) is 21.9 Å². The maximum Gasteiger partial charge on any atom is 0.243 e. The van der Waals surface area contributed by atoms with Crippen molar-refractivity contribution in [1.29, 1.82) is 0 Å². The second-order valence-corrected chi connectivity index (χ2v) is 7.81. The lowest BCUT2D eigenvalue weighted by atomic mass is 9.87. The summed E-state index contributed by atoms with van der Waals surface area (Å²) in [6, 6.07) is 1.53. The summed E-state index contributed by atoms with van der Waals surface area (Å²) >= 11 is 0. The molecule has 0 bridgehead atoms. The van der Waals surface area contributed by atoms with Crippen LogP contribution in [0, 0.1) is 24.0 Å². The predicted octanol–water partition coefficient (Wildman–Crippen LogP) is 2.35. The summed E-state index contributed by atoms with van der Waals surface area (Å²) in [4.78, 5) is -0.710. The number of hydrogen-bond donors (Lipinski definition) is 2. The van der Waals surface area contributed by atoms with Crippen LogP contribution in [0.4, 0.5) is 8.78 Å². The normalized spacial score (nSPS) is 14.2. The van der Waals surface area contributed by atoms with Crippen LogP contribution in [0.25, 0.3) is 0 Å². The Morgan fingerprint density at radius 2 is 1.86 bits per heavy atom. The molecule has 0 fully saturated rings. The van der Waals surface area contributed by atoms with E-state index in [1.54, 1.807) is 20.8 Å². The van der Waals surface area contributed by atoms with Crippen LogP contribution in [0.1, 0.15) is 32.8 Å². The third-order valence-corrected chi connectivity index (χ3v) is 4.51. The van der Waals surface area contributed by atoms with Crippen LogP contribution in [0.15, 0.2) is 17.0 Å². The first-order chi connectivity index (χ1) is 9.44. The standard InChI is InChI=1S/C14H21F2NO3S/c1-9-5-12(16)13(6-11(9)15)21(19,20)17-8-14(3,4)7-10(2)18/h5-6,10,17-18H,7-8H2,1-4H3/t10-/m0/s1. The summed E-state index contributed by atoms with van der Waals surface area (Å²) in [6.45, 7) is 6.51. The summed E-state index contributed by atoms with van der Waals surface area (Å²) in [5, 5.41) is 9.36. The average Bonchev–Trinajstić information content (AvgIpc) is 2.30. The molecule has 0 aliphatic carbocycles. The number of aryl methyl sites for hydroxylation is 1. The first-order valence-corrected chi connectivity index (χ1v) is 8.06. The lowest BCUT2D eigenvalue weighted by molar-refractivity contribution is 0.131. The van der Waals surface area contributed by atoms with Crippen molar-refractivity contribution in [2.45, 2.75) is 45.1 Å².